The van der Waals surface area contributed by atoms with Crippen molar-refractivity contribution in [1.29, 1.82) is 0 Å². The number of hydrogen-bond acceptors (Lipinski definition) is 1. The molecular weight excluding hydrogens is 520 g/mol. The van der Waals surface area contributed by atoms with Crippen LogP contribution in [-0.4, -0.2) is 0 Å². The third kappa shape index (κ3) is 3.65. The van der Waals surface area contributed by atoms with Gasteiger partial charge in [-0.25, -0.2) is 0 Å². The molecule has 0 aliphatic carbocycles. The first-order valence-corrected chi connectivity index (χ1v) is 14.8. The van der Waals surface area contributed by atoms with Gasteiger partial charge in [0, 0.05) is 22.1 Å². The molecule has 0 fully saturated rings. The van der Waals surface area contributed by atoms with E-state index < -0.39 is 0 Å². The van der Waals surface area contributed by atoms with Gasteiger partial charge in [-0.3, -0.25) is 0 Å². The van der Waals surface area contributed by atoms with E-state index in [1.807, 2.05) is 0 Å². The summed E-state index contributed by atoms with van der Waals surface area (Å²) < 4.78 is 6.80. The van der Waals surface area contributed by atoms with E-state index in [4.69, 9.17) is 4.74 Å². The van der Waals surface area contributed by atoms with Crippen LogP contribution in [0.25, 0.3) is 76.8 Å². The Morgan fingerprint density at radius 3 is 1.60 bits per heavy atom. The molecule has 0 unspecified atom stereocenters. The lowest BCUT2D eigenvalue weighted by Crippen LogP contribution is -1.99. The van der Waals surface area contributed by atoms with Crippen LogP contribution in [0.3, 0.4) is 0 Å². The number of fused-ring (bicyclic) bond motifs is 4. The molecule has 0 radical (unpaired) electrons. The van der Waals surface area contributed by atoms with Gasteiger partial charge in [0.1, 0.15) is 11.5 Å². The highest BCUT2D eigenvalue weighted by atomic mass is 16.5. The van der Waals surface area contributed by atoms with Gasteiger partial charge in [-0.1, -0.05) is 146 Å². The van der Waals surface area contributed by atoms with Crippen molar-refractivity contribution < 1.29 is 4.74 Å². The van der Waals surface area contributed by atoms with Crippen LogP contribution in [0.15, 0.2) is 158 Å². The smallest absolute Gasteiger partial charge is 0.143 e. The van der Waals surface area contributed by atoms with Gasteiger partial charge in [0.15, 0.2) is 0 Å². The molecule has 1 heterocycles. The second kappa shape index (κ2) is 9.44. The fourth-order valence-corrected chi connectivity index (χ4v) is 6.95. The van der Waals surface area contributed by atoms with E-state index in [1.165, 1.54) is 65.7 Å². The molecule has 0 spiro atoms. The average molecular weight is 547 g/mol. The van der Waals surface area contributed by atoms with Crippen molar-refractivity contribution in [1.82, 2.24) is 0 Å². The highest BCUT2D eigenvalue weighted by molar-refractivity contribution is 6.23. The first kappa shape index (κ1) is 24.0. The molecule has 0 amide bonds. The summed E-state index contributed by atoms with van der Waals surface area (Å²) in [5.41, 5.74) is 9.61. The van der Waals surface area contributed by atoms with Crippen LogP contribution >= 0.6 is 0 Å². The summed E-state index contributed by atoms with van der Waals surface area (Å²) in [7, 11) is 0. The second-order valence-electron chi connectivity index (χ2n) is 11.2. The van der Waals surface area contributed by atoms with E-state index in [9.17, 15) is 0 Å². The van der Waals surface area contributed by atoms with E-state index in [0.29, 0.717) is 0 Å². The molecule has 0 N–H and O–H groups in total. The van der Waals surface area contributed by atoms with Gasteiger partial charge >= 0.3 is 0 Å². The molecule has 0 aromatic heterocycles. The monoisotopic (exact) mass is 546 g/mol. The number of ether oxygens (including phenoxy) is 1. The maximum atomic E-state index is 6.80. The highest BCUT2D eigenvalue weighted by Crippen LogP contribution is 2.53. The molecule has 0 saturated heterocycles. The van der Waals surface area contributed by atoms with Crippen molar-refractivity contribution in [2.24, 2.45) is 0 Å². The Hall–Kier alpha value is -5.66. The number of hydrogen-bond donors (Lipinski definition) is 0. The lowest BCUT2D eigenvalue weighted by molar-refractivity contribution is 0.489. The van der Waals surface area contributed by atoms with E-state index in [0.717, 1.165) is 22.6 Å². The summed E-state index contributed by atoms with van der Waals surface area (Å²) in [6, 6.07) is 56.6. The average Bonchev–Trinajstić information content (AvgIpc) is 3.08. The molecule has 8 aromatic carbocycles. The lowest BCUT2D eigenvalue weighted by atomic mass is 9.84. The second-order valence-corrected chi connectivity index (χ2v) is 11.2. The van der Waals surface area contributed by atoms with Gasteiger partial charge in [0.2, 0.25) is 0 Å². The van der Waals surface area contributed by atoms with E-state index in [-0.39, 0.29) is 0 Å². The first-order valence-electron chi connectivity index (χ1n) is 14.8. The Bertz CT molecular complexity index is 2290. The van der Waals surface area contributed by atoms with Gasteiger partial charge in [-0.2, -0.15) is 0 Å². The van der Waals surface area contributed by atoms with Crippen molar-refractivity contribution in [3.63, 3.8) is 0 Å². The Morgan fingerprint density at radius 2 is 0.884 bits per heavy atom. The molecule has 1 nitrogen and oxygen atoms in total. The fourth-order valence-electron chi connectivity index (χ4n) is 6.95. The largest absolute Gasteiger partial charge is 0.455 e. The Kier molecular flexibility index (Phi) is 5.27. The predicted octanol–water partition coefficient (Wildman–Crippen LogP) is 11.9. The molecular formula is C42H26O. The van der Waals surface area contributed by atoms with Gasteiger partial charge in [0.05, 0.1) is 0 Å². The summed E-state index contributed by atoms with van der Waals surface area (Å²) in [5.74, 6) is 1.83. The maximum absolute atomic E-state index is 6.80. The van der Waals surface area contributed by atoms with E-state index in [2.05, 4.69) is 158 Å². The van der Waals surface area contributed by atoms with Crippen LogP contribution in [-0.2, 0) is 0 Å². The zero-order valence-electron chi connectivity index (χ0n) is 23.4. The van der Waals surface area contributed by atoms with Gasteiger partial charge < -0.3 is 4.74 Å². The summed E-state index contributed by atoms with van der Waals surface area (Å²) >= 11 is 0. The standard InChI is InChI=1S/C42H26O/c1-2-11-27(12-3-1)28-21-23-30(24-22-28)39-33-15-4-6-17-35(33)41(36-18-7-5-16-34(36)39)37-26-25-29-13-10-19-32-31-14-8-9-20-38(31)43-42(37)40(29)32/h1-26H. The normalized spacial score (nSPS) is 11.9. The quantitative estimate of drug-likeness (QED) is 0.200. The van der Waals surface area contributed by atoms with E-state index in [1.54, 1.807) is 0 Å². The Balaban J connectivity index is 1.34. The van der Waals surface area contributed by atoms with Crippen molar-refractivity contribution in [3.05, 3.63) is 158 Å². The fraction of sp³-hybridized carbons (Fsp3) is 0. The lowest BCUT2D eigenvalue weighted by Gasteiger charge is -2.25. The van der Waals surface area contributed by atoms with Crippen LogP contribution in [0.5, 0.6) is 11.5 Å². The molecule has 1 heteroatoms. The molecule has 0 saturated carbocycles. The molecule has 9 rings (SSSR count). The molecule has 43 heavy (non-hydrogen) atoms. The molecule has 0 atom stereocenters. The predicted molar refractivity (Wildman–Crippen MR) is 181 cm³/mol. The van der Waals surface area contributed by atoms with E-state index >= 15 is 0 Å². The van der Waals surface area contributed by atoms with Crippen molar-refractivity contribution >= 4 is 32.3 Å². The molecule has 1 aliphatic rings. The van der Waals surface area contributed by atoms with Crippen LogP contribution in [0, 0.1) is 0 Å². The zero-order chi connectivity index (χ0) is 28.3. The van der Waals surface area contributed by atoms with Crippen LogP contribution in [0.1, 0.15) is 0 Å². The molecule has 0 bridgehead atoms. The third-order valence-corrected chi connectivity index (χ3v) is 8.87. The number of rotatable bonds is 3. The van der Waals surface area contributed by atoms with Crippen LogP contribution < -0.4 is 4.74 Å². The molecule has 1 aliphatic heterocycles. The zero-order valence-corrected chi connectivity index (χ0v) is 23.4. The molecule has 8 aromatic rings. The van der Waals surface area contributed by atoms with Crippen LogP contribution in [0.2, 0.25) is 0 Å². The Labute approximate surface area is 250 Å². The van der Waals surface area contributed by atoms with Crippen LogP contribution in [0.4, 0.5) is 0 Å². The highest BCUT2D eigenvalue weighted by Gasteiger charge is 2.25. The Morgan fingerprint density at radius 1 is 0.326 bits per heavy atom. The topological polar surface area (TPSA) is 9.23 Å². The van der Waals surface area contributed by atoms with Gasteiger partial charge in [-0.05, 0) is 66.9 Å². The number of benzene rings is 8. The summed E-state index contributed by atoms with van der Waals surface area (Å²) in [6.07, 6.45) is 0. The SMILES string of the molecule is c1ccc(-c2ccc(-c3c4ccccc4c(-c4ccc5cccc6c5c4Oc4ccccc4-6)c4ccccc34)cc2)cc1. The van der Waals surface area contributed by atoms with Gasteiger partial charge in [0.25, 0.3) is 0 Å². The van der Waals surface area contributed by atoms with Crippen molar-refractivity contribution in [3.8, 4) is 56.0 Å². The number of para-hydroxylation sites is 1. The third-order valence-electron chi connectivity index (χ3n) is 8.87. The molecule has 200 valence electrons. The summed E-state index contributed by atoms with van der Waals surface area (Å²) in [6.45, 7) is 0. The van der Waals surface area contributed by atoms with Crippen molar-refractivity contribution in [2.45, 2.75) is 0 Å². The summed E-state index contributed by atoms with van der Waals surface area (Å²) in [4.78, 5) is 0. The first-order chi connectivity index (χ1) is 21.3. The summed E-state index contributed by atoms with van der Waals surface area (Å²) in [5, 5.41) is 7.28. The van der Waals surface area contributed by atoms with Crippen molar-refractivity contribution in [2.75, 3.05) is 0 Å². The van der Waals surface area contributed by atoms with Gasteiger partial charge in [-0.15, -0.1) is 0 Å². The minimum atomic E-state index is 0.902. The minimum Gasteiger partial charge on any atom is -0.455 e. The minimum absolute atomic E-state index is 0.902. The maximum Gasteiger partial charge on any atom is 0.143 e.